The van der Waals surface area contributed by atoms with Crippen LogP contribution in [0.4, 0.5) is 5.69 Å². The Hall–Kier alpha value is -2.14. The van der Waals surface area contributed by atoms with Gasteiger partial charge in [-0.25, -0.2) is 0 Å². The van der Waals surface area contributed by atoms with Crippen LogP contribution in [-0.4, -0.2) is 18.1 Å². The summed E-state index contributed by atoms with van der Waals surface area (Å²) in [5, 5.41) is 12.4. The highest BCUT2D eigenvalue weighted by Crippen LogP contribution is 2.46. The molecule has 0 radical (unpaired) electrons. The van der Waals surface area contributed by atoms with Gasteiger partial charge in [-0.1, -0.05) is 12.1 Å². The van der Waals surface area contributed by atoms with Crippen LogP contribution in [0.1, 0.15) is 10.8 Å². The van der Waals surface area contributed by atoms with Gasteiger partial charge in [0.15, 0.2) is 0 Å². The molecule has 0 fully saturated rings. The van der Waals surface area contributed by atoms with Gasteiger partial charge in [-0.3, -0.25) is 4.79 Å². The first-order chi connectivity index (χ1) is 9.69. The lowest BCUT2D eigenvalue weighted by Crippen LogP contribution is -2.23. The highest BCUT2D eigenvalue weighted by molar-refractivity contribution is 8.00. The Morgan fingerprint density at radius 3 is 2.85 bits per heavy atom. The molecule has 1 atom stereocenters. The van der Waals surface area contributed by atoms with Gasteiger partial charge in [0, 0.05) is 10.5 Å². The second-order valence-corrected chi connectivity index (χ2v) is 5.55. The predicted octanol–water partition coefficient (Wildman–Crippen LogP) is 3.19. The lowest BCUT2D eigenvalue weighted by Gasteiger charge is -2.24. The van der Waals surface area contributed by atoms with E-state index in [1.807, 2.05) is 24.3 Å². The monoisotopic (exact) mass is 287 g/mol. The van der Waals surface area contributed by atoms with Crippen LogP contribution in [0, 0.1) is 0 Å². The Morgan fingerprint density at radius 2 is 2.05 bits per heavy atom. The summed E-state index contributed by atoms with van der Waals surface area (Å²) in [6.45, 7) is 0. The molecule has 5 heteroatoms. The number of benzene rings is 2. The minimum Gasteiger partial charge on any atom is -0.508 e. The minimum atomic E-state index is -0.486. The Kier molecular flexibility index (Phi) is 3.28. The first kappa shape index (κ1) is 12.9. The summed E-state index contributed by atoms with van der Waals surface area (Å²) in [4.78, 5) is 13.2. The van der Waals surface area contributed by atoms with E-state index in [1.165, 1.54) is 11.8 Å². The Bertz CT molecular complexity index is 672. The van der Waals surface area contributed by atoms with E-state index in [2.05, 4.69) is 5.32 Å². The van der Waals surface area contributed by atoms with E-state index in [-0.39, 0.29) is 11.7 Å². The fourth-order valence-corrected chi connectivity index (χ4v) is 3.26. The topological polar surface area (TPSA) is 58.6 Å². The van der Waals surface area contributed by atoms with Crippen molar-refractivity contribution in [2.24, 2.45) is 0 Å². The molecule has 2 N–H and O–H groups in total. The number of hydrogen-bond acceptors (Lipinski definition) is 4. The number of aromatic hydroxyl groups is 1. The molecule has 1 aliphatic heterocycles. The van der Waals surface area contributed by atoms with E-state index in [0.29, 0.717) is 11.3 Å². The van der Waals surface area contributed by atoms with Crippen LogP contribution >= 0.6 is 11.8 Å². The molecule has 1 heterocycles. The van der Waals surface area contributed by atoms with Crippen LogP contribution in [0.15, 0.2) is 47.4 Å². The number of nitrogens with one attached hydrogen (secondary N) is 1. The van der Waals surface area contributed by atoms with Crippen molar-refractivity contribution in [3.63, 3.8) is 0 Å². The molecule has 0 aliphatic carbocycles. The van der Waals surface area contributed by atoms with E-state index < -0.39 is 5.25 Å². The maximum atomic E-state index is 12.2. The summed E-state index contributed by atoms with van der Waals surface area (Å²) in [6, 6.07) is 12.5. The average molecular weight is 287 g/mol. The van der Waals surface area contributed by atoms with E-state index in [4.69, 9.17) is 4.74 Å². The zero-order valence-electron chi connectivity index (χ0n) is 10.8. The molecule has 0 saturated heterocycles. The lowest BCUT2D eigenvalue weighted by atomic mass is 10.1. The van der Waals surface area contributed by atoms with Crippen molar-refractivity contribution in [2.75, 3.05) is 12.4 Å². The molecule has 1 amide bonds. The van der Waals surface area contributed by atoms with Crippen molar-refractivity contribution in [1.29, 1.82) is 0 Å². The third-order valence-corrected chi connectivity index (χ3v) is 4.46. The number of phenolic OH excluding ortho intramolecular Hbond substituents is 1. The van der Waals surface area contributed by atoms with E-state index in [9.17, 15) is 9.90 Å². The van der Waals surface area contributed by atoms with E-state index in [1.54, 1.807) is 25.3 Å². The van der Waals surface area contributed by atoms with Crippen LogP contribution < -0.4 is 10.1 Å². The Balaban J connectivity index is 2.01. The van der Waals surface area contributed by atoms with Gasteiger partial charge in [0.1, 0.15) is 16.7 Å². The second kappa shape index (κ2) is 5.09. The van der Waals surface area contributed by atoms with Crippen molar-refractivity contribution < 1.29 is 14.6 Å². The second-order valence-electron chi connectivity index (χ2n) is 4.41. The first-order valence-corrected chi connectivity index (χ1v) is 7.00. The molecule has 1 unspecified atom stereocenters. The van der Waals surface area contributed by atoms with Crippen LogP contribution in [0.5, 0.6) is 11.5 Å². The molecular formula is C15H13NO3S. The van der Waals surface area contributed by atoms with Crippen molar-refractivity contribution in [3.05, 3.63) is 48.0 Å². The third kappa shape index (κ3) is 2.20. The smallest absolute Gasteiger partial charge is 0.242 e. The molecule has 1 aliphatic rings. The van der Waals surface area contributed by atoms with Crippen LogP contribution in [0.2, 0.25) is 0 Å². The summed E-state index contributed by atoms with van der Waals surface area (Å²) in [7, 11) is 1.56. The number of amides is 1. The standard InChI is InChI=1S/C15H13NO3S/c1-19-9-6-7-12(17)10(8-9)14-15(18)16-11-4-2-3-5-13(11)20-14/h2-8,14,17H,1H3,(H,16,18). The van der Waals surface area contributed by atoms with Gasteiger partial charge in [0.05, 0.1) is 12.8 Å². The maximum Gasteiger partial charge on any atom is 0.242 e. The van der Waals surface area contributed by atoms with Gasteiger partial charge >= 0.3 is 0 Å². The molecule has 0 spiro atoms. The van der Waals surface area contributed by atoms with Gasteiger partial charge in [-0.05, 0) is 30.3 Å². The number of rotatable bonds is 2. The van der Waals surface area contributed by atoms with Gasteiger partial charge in [0.2, 0.25) is 5.91 Å². The molecule has 0 aromatic heterocycles. The molecule has 0 bridgehead atoms. The lowest BCUT2D eigenvalue weighted by molar-refractivity contribution is -0.115. The SMILES string of the molecule is COc1ccc(O)c(C2Sc3ccccc3NC2=O)c1. The van der Waals surface area contributed by atoms with Crippen molar-refractivity contribution >= 4 is 23.4 Å². The molecule has 2 aromatic rings. The third-order valence-electron chi connectivity index (χ3n) is 3.15. The summed E-state index contributed by atoms with van der Waals surface area (Å²) in [6.07, 6.45) is 0. The number of methoxy groups -OCH3 is 1. The molecule has 0 saturated carbocycles. The number of para-hydroxylation sites is 1. The Labute approximate surface area is 120 Å². The largest absolute Gasteiger partial charge is 0.508 e. The van der Waals surface area contributed by atoms with Crippen LogP contribution in [-0.2, 0) is 4.79 Å². The van der Waals surface area contributed by atoms with E-state index >= 15 is 0 Å². The van der Waals surface area contributed by atoms with E-state index in [0.717, 1.165) is 10.6 Å². The molecular weight excluding hydrogens is 274 g/mol. The summed E-state index contributed by atoms with van der Waals surface area (Å²) < 4.78 is 5.15. The number of hydrogen-bond donors (Lipinski definition) is 2. The first-order valence-electron chi connectivity index (χ1n) is 6.12. The molecule has 4 nitrogen and oxygen atoms in total. The number of phenols is 1. The molecule has 102 valence electrons. The van der Waals surface area contributed by atoms with Crippen molar-refractivity contribution in [1.82, 2.24) is 0 Å². The Morgan fingerprint density at radius 1 is 1.25 bits per heavy atom. The minimum absolute atomic E-state index is 0.0952. The summed E-state index contributed by atoms with van der Waals surface area (Å²) in [5.74, 6) is 0.570. The fourth-order valence-electron chi connectivity index (χ4n) is 2.13. The highest BCUT2D eigenvalue weighted by atomic mass is 32.2. The summed E-state index contributed by atoms with van der Waals surface area (Å²) >= 11 is 1.42. The van der Waals surface area contributed by atoms with Gasteiger partial charge in [0.25, 0.3) is 0 Å². The van der Waals surface area contributed by atoms with Crippen LogP contribution in [0.3, 0.4) is 0 Å². The van der Waals surface area contributed by atoms with Gasteiger partial charge in [-0.2, -0.15) is 0 Å². The van der Waals surface area contributed by atoms with Gasteiger partial charge in [-0.15, -0.1) is 11.8 Å². The highest BCUT2D eigenvalue weighted by Gasteiger charge is 2.30. The molecule has 3 rings (SSSR count). The maximum absolute atomic E-state index is 12.2. The predicted molar refractivity (Wildman–Crippen MR) is 78.3 cm³/mol. The number of fused-ring (bicyclic) bond motifs is 1. The zero-order valence-corrected chi connectivity index (χ0v) is 11.6. The molecule has 20 heavy (non-hydrogen) atoms. The number of anilines is 1. The summed E-state index contributed by atoms with van der Waals surface area (Å²) in [5.41, 5.74) is 1.36. The fraction of sp³-hybridized carbons (Fsp3) is 0.133. The number of thioether (sulfide) groups is 1. The number of ether oxygens (including phenoxy) is 1. The normalized spacial score (nSPS) is 17.2. The quantitative estimate of drug-likeness (QED) is 0.890. The number of carbonyl (C=O) groups excluding carboxylic acids is 1. The molecule has 2 aromatic carbocycles. The van der Waals surface area contributed by atoms with Crippen molar-refractivity contribution in [3.8, 4) is 11.5 Å². The number of carbonyl (C=O) groups is 1. The van der Waals surface area contributed by atoms with Gasteiger partial charge < -0.3 is 15.2 Å². The van der Waals surface area contributed by atoms with Crippen LogP contribution in [0.25, 0.3) is 0 Å². The average Bonchev–Trinajstić information content (AvgIpc) is 2.47. The zero-order chi connectivity index (χ0) is 14.1. The van der Waals surface area contributed by atoms with Crippen molar-refractivity contribution in [2.45, 2.75) is 10.1 Å².